The smallest absolute Gasteiger partial charge is 0.119 e. The number of aliphatic hydroxyl groups is 1. The minimum Gasteiger partial charge on any atom is -0.491 e. The predicted molar refractivity (Wildman–Crippen MR) is 120 cm³/mol. The molecule has 1 N–H and O–H groups in total. The number of ether oxygens (including phenoxy) is 1. The van der Waals surface area contributed by atoms with Crippen LogP contribution in [0.3, 0.4) is 0 Å². The van der Waals surface area contributed by atoms with Crippen molar-refractivity contribution in [3.05, 3.63) is 47.3 Å². The zero-order valence-corrected chi connectivity index (χ0v) is 18.9. The van der Waals surface area contributed by atoms with Crippen molar-refractivity contribution >= 4 is 0 Å². The van der Waals surface area contributed by atoms with E-state index in [-0.39, 0.29) is 0 Å². The third-order valence-electron chi connectivity index (χ3n) is 5.73. The molecule has 1 aliphatic heterocycles. The number of likely N-dealkylation sites (N-methyl/N-ethyl adjacent to an activating group) is 1. The lowest BCUT2D eigenvalue weighted by Gasteiger charge is -2.34. The van der Waals surface area contributed by atoms with Crippen molar-refractivity contribution < 1.29 is 9.84 Å². The molecule has 0 saturated carbocycles. The van der Waals surface area contributed by atoms with Crippen molar-refractivity contribution in [1.29, 1.82) is 0 Å². The van der Waals surface area contributed by atoms with Crippen LogP contribution in [-0.4, -0.2) is 88.6 Å². The van der Waals surface area contributed by atoms with Crippen LogP contribution in [-0.2, 0) is 20.1 Å². The molecular weight excluding hydrogens is 378 g/mol. The van der Waals surface area contributed by atoms with E-state index in [9.17, 15) is 5.11 Å². The van der Waals surface area contributed by atoms with Gasteiger partial charge in [-0.15, -0.1) is 0 Å². The summed E-state index contributed by atoms with van der Waals surface area (Å²) in [5.74, 6) is 0.813. The first-order valence-corrected chi connectivity index (χ1v) is 10.9. The van der Waals surface area contributed by atoms with Gasteiger partial charge in [0, 0.05) is 64.6 Å². The molecule has 2 aromatic rings. The summed E-state index contributed by atoms with van der Waals surface area (Å²) in [5.41, 5.74) is 3.52. The molecule has 1 unspecified atom stereocenters. The molecule has 30 heavy (non-hydrogen) atoms. The molecule has 1 aliphatic rings. The average molecular weight is 416 g/mol. The number of aliphatic hydroxyl groups excluding tert-OH is 1. The van der Waals surface area contributed by atoms with Crippen LogP contribution in [0.4, 0.5) is 0 Å². The van der Waals surface area contributed by atoms with E-state index in [1.54, 1.807) is 0 Å². The van der Waals surface area contributed by atoms with Crippen LogP contribution in [0.5, 0.6) is 5.75 Å². The number of piperazine rings is 1. The Balaban J connectivity index is 1.44. The van der Waals surface area contributed by atoms with E-state index >= 15 is 0 Å². The largest absolute Gasteiger partial charge is 0.491 e. The Hall–Kier alpha value is -1.93. The predicted octanol–water partition coefficient (Wildman–Crippen LogP) is 1.74. The van der Waals surface area contributed by atoms with Crippen LogP contribution in [0, 0.1) is 6.92 Å². The fourth-order valence-electron chi connectivity index (χ4n) is 4.03. The third kappa shape index (κ3) is 6.80. The molecule has 0 spiro atoms. The van der Waals surface area contributed by atoms with Gasteiger partial charge in [-0.2, -0.15) is 5.10 Å². The van der Waals surface area contributed by atoms with E-state index < -0.39 is 6.10 Å². The van der Waals surface area contributed by atoms with E-state index in [1.807, 2.05) is 30.8 Å². The van der Waals surface area contributed by atoms with Gasteiger partial charge in [0.25, 0.3) is 0 Å². The van der Waals surface area contributed by atoms with Gasteiger partial charge in [0.2, 0.25) is 0 Å². The van der Waals surface area contributed by atoms with Gasteiger partial charge in [-0.05, 0) is 38.2 Å². The van der Waals surface area contributed by atoms with Gasteiger partial charge in [-0.1, -0.05) is 19.1 Å². The summed E-state index contributed by atoms with van der Waals surface area (Å²) in [6.07, 6.45) is 1.60. The van der Waals surface area contributed by atoms with E-state index in [0.717, 1.165) is 57.3 Å². The minimum atomic E-state index is -0.474. The van der Waals surface area contributed by atoms with Crippen LogP contribution < -0.4 is 4.74 Å². The van der Waals surface area contributed by atoms with E-state index in [1.165, 1.54) is 11.1 Å². The average Bonchev–Trinajstić information content (AvgIpc) is 3.03. The van der Waals surface area contributed by atoms with Gasteiger partial charge < -0.3 is 14.7 Å². The monoisotopic (exact) mass is 415 g/mol. The Bertz CT molecular complexity index is 786. The maximum absolute atomic E-state index is 10.4. The van der Waals surface area contributed by atoms with Crippen LogP contribution in [0.25, 0.3) is 0 Å². The summed E-state index contributed by atoms with van der Waals surface area (Å²) >= 11 is 0. The highest BCUT2D eigenvalue weighted by molar-refractivity contribution is 5.28. The summed E-state index contributed by atoms with van der Waals surface area (Å²) < 4.78 is 7.76. The lowest BCUT2D eigenvalue weighted by molar-refractivity contribution is 0.0470. The molecule has 1 fully saturated rings. The lowest BCUT2D eigenvalue weighted by Crippen LogP contribution is -2.49. The van der Waals surface area contributed by atoms with Crippen molar-refractivity contribution in [3.8, 4) is 5.75 Å². The van der Waals surface area contributed by atoms with Crippen LogP contribution in [0.2, 0.25) is 0 Å². The van der Waals surface area contributed by atoms with Gasteiger partial charge in [-0.25, -0.2) is 0 Å². The molecule has 166 valence electrons. The van der Waals surface area contributed by atoms with Gasteiger partial charge in [0.1, 0.15) is 18.5 Å². The van der Waals surface area contributed by atoms with E-state index in [0.29, 0.717) is 13.2 Å². The maximum Gasteiger partial charge on any atom is 0.119 e. The molecule has 1 aromatic heterocycles. The van der Waals surface area contributed by atoms with E-state index in [4.69, 9.17) is 4.74 Å². The van der Waals surface area contributed by atoms with Crippen molar-refractivity contribution in [2.24, 2.45) is 7.05 Å². The third-order valence-corrected chi connectivity index (χ3v) is 5.73. The van der Waals surface area contributed by atoms with Crippen LogP contribution in [0.1, 0.15) is 23.7 Å². The number of aromatic nitrogens is 2. The molecule has 0 aliphatic carbocycles. The summed E-state index contributed by atoms with van der Waals surface area (Å²) in [4.78, 5) is 7.04. The molecule has 3 rings (SSSR count). The highest BCUT2D eigenvalue weighted by atomic mass is 16.5. The molecule has 1 atom stereocenters. The fourth-order valence-corrected chi connectivity index (χ4v) is 4.03. The Kier molecular flexibility index (Phi) is 8.27. The van der Waals surface area contributed by atoms with Crippen molar-refractivity contribution in [2.45, 2.75) is 33.0 Å². The standard InChI is InChI=1S/C23H37N5O2/c1-5-27-9-11-28(12-10-27)17-22(29)18-30-23-8-6-7-20(13-23)14-25(3)15-21-16-26(4)24-19(21)2/h6-8,13,16,22,29H,5,9-12,14-15,17-18H2,1-4H3. The quantitative estimate of drug-likeness (QED) is 0.638. The highest BCUT2D eigenvalue weighted by Gasteiger charge is 2.18. The number of hydrogen-bond donors (Lipinski definition) is 1. The maximum atomic E-state index is 10.4. The summed E-state index contributed by atoms with van der Waals surface area (Å²) in [6, 6.07) is 8.16. The Morgan fingerprint density at radius 3 is 2.57 bits per heavy atom. The number of nitrogens with zero attached hydrogens (tertiary/aromatic N) is 5. The molecule has 2 heterocycles. The molecule has 0 amide bonds. The Morgan fingerprint density at radius 1 is 1.17 bits per heavy atom. The van der Waals surface area contributed by atoms with Crippen molar-refractivity contribution in [1.82, 2.24) is 24.5 Å². The Labute approximate surface area is 180 Å². The normalized spacial score (nSPS) is 16.9. The number of rotatable bonds is 10. The number of benzene rings is 1. The second-order valence-electron chi connectivity index (χ2n) is 8.43. The summed E-state index contributed by atoms with van der Waals surface area (Å²) in [5, 5.41) is 14.8. The van der Waals surface area contributed by atoms with Gasteiger partial charge in [-0.3, -0.25) is 14.5 Å². The minimum absolute atomic E-state index is 0.322. The zero-order chi connectivity index (χ0) is 21.5. The number of β-amino-alcohol motifs (C(OH)–C–C–N with tert-alkyl or cyclic N) is 1. The molecule has 1 saturated heterocycles. The van der Waals surface area contributed by atoms with Crippen molar-refractivity contribution in [2.75, 3.05) is 52.9 Å². The van der Waals surface area contributed by atoms with Gasteiger partial charge in [0.15, 0.2) is 0 Å². The van der Waals surface area contributed by atoms with Gasteiger partial charge >= 0.3 is 0 Å². The lowest BCUT2D eigenvalue weighted by atomic mass is 10.2. The van der Waals surface area contributed by atoms with Gasteiger partial charge in [0.05, 0.1) is 5.69 Å². The first-order valence-electron chi connectivity index (χ1n) is 10.9. The highest BCUT2D eigenvalue weighted by Crippen LogP contribution is 2.17. The first-order chi connectivity index (χ1) is 14.4. The molecule has 7 heteroatoms. The fraction of sp³-hybridized carbons (Fsp3) is 0.609. The van der Waals surface area contributed by atoms with Crippen LogP contribution in [0.15, 0.2) is 30.5 Å². The second kappa shape index (κ2) is 10.9. The second-order valence-corrected chi connectivity index (χ2v) is 8.43. The summed E-state index contributed by atoms with van der Waals surface area (Å²) in [6.45, 7) is 12.2. The van der Waals surface area contributed by atoms with Crippen LogP contribution >= 0.6 is 0 Å². The first kappa shape index (κ1) is 22.7. The summed E-state index contributed by atoms with van der Waals surface area (Å²) in [7, 11) is 4.07. The van der Waals surface area contributed by atoms with E-state index in [2.05, 4.69) is 52.1 Å². The molecule has 1 aromatic carbocycles. The molecular formula is C23H37N5O2. The molecule has 0 bridgehead atoms. The molecule has 7 nitrogen and oxygen atoms in total. The molecule has 0 radical (unpaired) electrons. The SMILES string of the molecule is CCN1CCN(CC(O)COc2cccc(CN(C)Cc3cn(C)nc3C)c2)CC1. The number of hydrogen-bond acceptors (Lipinski definition) is 6. The zero-order valence-electron chi connectivity index (χ0n) is 18.9. The van der Waals surface area contributed by atoms with Crippen molar-refractivity contribution in [3.63, 3.8) is 0 Å². The Morgan fingerprint density at radius 2 is 1.90 bits per heavy atom. The number of aryl methyl sites for hydroxylation is 2. The topological polar surface area (TPSA) is 57.0 Å².